The Balaban J connectivity index is 1.52. The first kappa shape index (κ1) is 14.4. The summed E-state index contributed by atoms with van der Waals surface area (Å²) in [5.41, 5.74) is 0.511. The van der Waals surface area contributed by atoms with Crippen molar-refractivity contribution in [1.29, 1.82) is 0 Å². The number of allylic oxidation sites excluding steroid dienone is 2. The zero-order chi connectivity index (χ0) is 17.1. The van der Waals surface area contributed by atoms with Crippen molar-refractivity contribution in [3.8, 4) is 5.75 Å². The van der Waals surface area contributed by atoms with E-state index >= 15 is 0 Å². The molecule has 1 saturated carbocycles. The number of amides is 2. The first-order valence-corrected chi connectivity index (χ1v) is 8.46. The average molecular weight is 332 g/mol. The molecule has 1 heterocycles. The van der Waals surface area contributed by atoms with Gasteiger partial charge in [0.2, 0.25) is 0 Å². The Labute approximate surface area is 144 Å². The lowest BCUT2D eigenvalue weighted by Gasteiger charge is -2.13. The van der Waals surface area contributed by atoms with Crippen LogP contribution in [0.2, 0.25) is 0 Å². The van der Waals surface area contributed by atoms with E-state index in [4.69, 9.17) is 0 Å². The van der Waals surface area contributed by atoms with Crippen LogP contribution in [0.1, 0.15) is 12.0 Å². The summed E-state index contributed by atoms with van der Waals surface area (Å²) in [4.78, 5) is 25.3. The highest BCUT2D eigenvalue weighted by molar-refractivity contribution is 6.08. The Bertz CT molecular complexity index is 948. The van der Waals surface area contributed by atoms with Crippen LogP contribution in [0, 0.1) is 23.7 Å². The van der Waals surface area contributed by atoms with Crippen LogP contribution < -0.4 is 0 Å². The Morgan fingerprint density at radius 1 is 1.00 bits per heavy atom. The highest BCUT2D eigenvalue weighted by Gasteiger charge is 2.59. The van der Waals surface area contributed by atoms with Crippen LogP contribution in [0.4, 0.5) is 0 Å². The van der Waals surface area contributed by atoms with E-state index in [0.29, 0.717) is 5.56 Å². The fourth-order valence-corrected chi connectivity index (χ4v) is 4.54. The number of imide groups is 1. The first-order chi connectivity index (χ1) is 12.1. The maximum Gasteiger partial charge on any atom is 0.254 e. The van der Waals surface area contributed by atoms with Gasteiger partial charge in [-0.25, -0.2) is 0 Å². The average Bonchev–Trinajstić information content (AvgIpc) is 3.29. The molecule has 25 heavy (non-hydrogen) atoms. The van der Waals surface area contributed by atoms with E-state index in [-0.39, 0.29) is 41.2 Å². The van der Waals surface area contributed by atoms with Crippen LogP contribution in [0.15, 0.2) is 53.7 Å². The van der Waals surface area contributed by atoms with Crippen molar-refractivity contribution in [3.63, 3.8) is 0 Å². The summed E-state index contributed by atoms with van der Waals surface area (Å²) in [6, 6.07) is 11.0. The molecule has 0 radical (unpaired) electrons. The van der Waals surface area contributed by atoms with Gasteiger partial charge in [0.15, 0.2) is 0 Å². The van der Waals surface area contributed by atoms with Gasteiger partial charge in [0, 0.05) is 5.56 Å². The molecule has 3 aliphatic rings. The first-order valence-electron chi connectivity index (χ1n) is 8.46. The number of nitrogens with zero attached hydrogens (tertiary/aromatic N) is 2. The van der Waals surface area contributed by atoms with Crippen molar-refractivity contribution in [2.75, 3.05) is 0 Å². The molecule has 2 amide bonds. The second kappa shape index (κ2) is 5.02. The third kappa shape index (κ3) is 1.92. The quantitative estimate of drug-likeness (QED) is 0.522. The van der Waals surface area contributed by atoms with Gasteiger partial charge in [0.25, 0.3) is 11.8 Å². The number of aromatic hydroxyl groups is 1. The zero-order valence-electron chi connectivity index (χ0n) is 13.4. The summed E-state index contributed by atoms with van der Waals surface area (Å²) in [5, 5.41) is 17.1. The molecule has 1 N–H and O–H groups in total. The molecule has 5 nitrogen and oxygen atoms in total. The zero-order valence-corrected chi connectivity index (χ0v) is 13.4. The standard InChI is InChI=1S/C20H16N2O3/c23-16-8-7-11-3-1-2-4-14(11)15(16)10-21-22-19(24)17-12-5-6-13(9-12)18(17)20(22)25/h1-8,10,12-13,17-18,23H,9H2/b21-10-/t12-,13-,17-,18+/m0/s1. The Morgan fingerprint density at radius 3 is 2.40 bits per heavy atom. The van der Waals surface area contributed by atoms with Gasteiger partial charge in [-0.15, -0.1) is 0 Å². The van der Waals surface area contributed by atoms with Crippen molar-refractivity contribution >= 4 is 28.8 Å². The van der Waals surface area contributed by atoms with E-state index in [1.807, 2.05) is 30.3 Å². The summed E-state index contributed by atoms with van der Waals surface area (Å²) in [7, 11) is 0. The van der Waals surface area contributed by atoms with Crippen molar-refractivity contribution < 1.29 is 14.7 Å². The number of hydrogen-bond acceptors (Lipinski definition) is 4. The highest BCUT2D eigenvalue weighted by atomic mass is 16.3. The molecule has 2 bridgehead atoms. The van der Waals surface area contributed by atoms with Crippen LogP contribution in [0.25, 0.3) is 10.8 Å². The monoisotopic (exact) mass is 332 g/mol. The van der Waals surface area contributed by atoms with Gasteiger partial charge in [-0.1, -0.05) is 42.5 Å². The van der Waals surface area contributed by atoms with E-state index < -0.39 is 0 Å². The number of carbonyl (C=O) groups is 2. The molecule has 2 aliphatic carbocycles. The lowest BCUT2D eigenvalue weighted by atomic mass is 9.85. The predicted octanol–water partition coefficient (Wildman–Crippen LogP) is 2.69. The van der Waals surface area contributed by atoms with Gasteiger partial charge in [-0.3, -0.25) is 9.59 Å². The Morgan fingerprint density at radius 2 is 1.68 bits per heavy atom. The van der Waals surface area contributed by atoms with Crippen molar-refractivity contribution in [1.82, 2.24) is 5.01 Å². The minimum absolute atomic E-state index is 0.0727. The SMILES string of the molecule is O=C1[C@@H]2[C@H](C(=O)N1/N=C\c1c(O)ccc3ccccc13)[C@H]1C=C[C@H]2C1. The fourth-order valence-electron chi connectivity index (χ4n) is 4.54. The number of hydrogen-bond donors (Lipinski definition) is 1. The van der Waals surface area contributed by atoms with Gasteiger partial charge in [-0.05, 0) is 35.1 Å². The molecule has 0 spiro atoms. The number of rotatable bonds is 2. The summed E-state index contributed by atoms with van der Waals surface area (Å²) >= 11 is 0. The van der Waals surface area contributed by atoms with Crippen molar-refractivity contribution in [2.24, 2.45) is 28.8 Å². The molecule has 4 atom stereocenters. The molecule has 2 fully saturated rings. The Hall–Kier alpha value is -2.95. The molecule has 5 rings (SSSR count). The number of fused-ring (bicyclic) bond motifs is 6. The molecular weight excluding hydrogens is 316 g/mol. The lowest BCUT2D eigenvalue weighted by molar-refractivity contribution is -0.140. The number of phenols is 1. The number of carbonyl (C=O) groups excluding carboxylic acids is 2. The summed E-state index contributed by atoms with van der Waals surface area (Å²) in [6.45, 7) is 0. The maximum absolute atomic E-state index is 12.7. The van der Waals surface area contributed by atoms with E-state index in [0.717, 1.165) is 22.2 Å². The van der Waals surface area contributed by atoms with E-state index in [1.54, 1.807) is 6.07 Å². The molecule has 1 aliphatic heterocycles. The number of phenolic OH excluding ortho intramolecular Hbond substituents is 1. The summed E-state index contributed by atoms with van der Waals surface area (Å²) < 4.78 is 0. The minimum atomic E-state index is -0.263. The molecule has 1 saturated heterocycles. The minimum Gasteiger partial charge on any atom is -0.507 e. The van der Waals surface area contributed by atoms with Gasteiger partial charge < -0.3 is 5.11 Å². The molecule has 2 aromatic carbocycles. The van der Waals surface area contributed by atoms with Crippen LogP contribution in [0.5, 0.6) is 5.75 Å². The van der Waals surface area contributed by atoms with E-state index in [9.17, 15) is 14.7 Å². The van der Waals surface area contributed by atoms with E-state index in [1.165, 1.54) is 6.21 Å². The van der Waals surface area contributed by atoms with Gasteiger partial charge in [-0.2, -0.15) is 10.1 Å². The topological polar surface area (TPSA) is 70.0 Å². The second-order valence-corrected chi connectivity index (χ2v) is 6.95. The molecule has 0 aromatic heterocycles. The van der Waals surface area contributed by atoms with Crippen LogP contribution in [-0.2, 0) is 9.59 Å². The van der Waals surface area contributed by atoms with Gasteiger partial charge in [0.05, 0.1) is 18.1 Å². The van der Waals surface area contributed by atoms with Crippen LogP contribution >= 0.6 is 0 Å². The molecular formula is C20H16N2O3. The third-order valence-electron chi connectivity index (χ3n) is 5.70. The number of benzene rings is 2. The number of hydrazone groups is 1. The van der Waals surface area contributed by atoms with Crippen LogP contribution in [0.3, 0.4) is 0 Å². The fraction of sp³-hybridized carbons (Fsp3) is 0.250. The van der Waals surface area contributed by atoms with Gasteiger partial charge >= 0.3 is 0 Å². The maximum atomic E-state index is 12.7. The summed E-state index contributed by atoms with van der Waals surface area (Å²) in [6.07, 6.45) is 6.43. The molecule has 5 heteroatoms. The van der Waals surface area contributed by atoms with Crippen molar-refractivity contribution in [3.05, 3.63) is 54.1 Å². The molecule has 0 unspecified atom stereocenters. The normalized spacial score (nSPS) is 30.2. The largest absolute Gasteiger partial charge is 0.507 e. The summed E-state index contributed by atoms with van der Waals surface area (Å²) in [5.74, 6) is -0.564. The van der Waals surface area contributed by atoms with Gasteiger partial charge in [0.1, 0.15) is 5.75 Å². The third-order valence-corrected chi connectivity index (χ3v) is 5.70. The Kier molecular flexibility index (Phi) is 2.89. The van der Waals surface area contributed by atoms with Crippen molar-refractivity contribution in [2.45, 2.75) is 6.42 Å². The second-order valence-electron chi connectivity index (χ2n) is 6.95. The lowest BCUT2D eigenvalue weighted by Crippen LogP contribution is -2.28. The van der Waals surface area contributed by atoms with Crippen LogP contribution in [-0.4, -0.2) is 28.1 Å². The highest BCUT2D eigenvalue weighted by Crippen LogP contribution is 2.52. The molecule has 124 valence electrons. The molecule has 2 aromatic rings. The smallest absolute Gasteiger partial charge is 0.254 e. The van der Waals surface area contributed by atoms with E-state index in [2.05, 4.69) is 17.3 Å². The predicted molar refractivity (Wildman–Crippen MR) is 92.8 cm³/mol.